The molecule has 1 rings (SSSR count). The highest BCUT2D eigenvalue weighted by atomic mass is 16.5. The van der Waals surface area contributed by atoms with Crippen LogP contribution in [0.15, 0.2) is 24.3 Å². The summed E-state index contributed by atoms with van der Waals surface area (Å²) in [5.74, 6) is -0.0123. The summed E-state index contributed by atoms with van der Waals surface area (Å²) >= 11 is 0. The molecule has 0 aromatic heterocycles. The lowest BCUT2D eigenvalue weighted by molar-refractivity contribution is 0.0941. The second kappa shape index (κ2) is 6.28. The predicted octanol–water partition coefficient (Wildman–Crippen LogP) is 2.01. The van der Waals surface area contributed by atoms with Gasteiger partial charge in [0.15, 0.2) is 0 Å². The van der Waals surface area contributed by atoms with Crippen LogP contribution in [0.5, 0.6) is 0 Å². The van der Waals surface area contributed by atoms with Crippen LogP contribution in [-0.4, -0.2) is 25.7 Å². The van der Waals surface area contributed by atoms with E-state index in [0.717, 1.165) is 17.5 Å². The Morgan fingerprint density at radius 2 is 2.06 bits per heavy atom. The first-order valence-electron chi connectivity index (χ1n) is 5.53. The summed E-state index contributed by atoms with van der Waals surface area (Å²) in [5, 5.41) is 2.90. The predicted molar refractivity (Wildman–Crippen MR) is 64.6 cm³/mol. The number of hydrogen-bond donors (Lipinski definition) is 1. The second-order valence-corrected chi connectivity index (χ2v) is 4.03. The van der Waals surface area contributed by atoms with Gasteiger partial charge in [-0.2, -0.15) is 0 Å². The molecule has 0 aliphatic carbocycles. The van der Waals surface area contributed by atoms with E-state index in [-0.39, 0.29) is 11.9 Å². The average Bonchev–Trinajstić information content (AvgIpc) is 2.25. The van der Waals surface area contributed by atoms with Crippen molar-refractivity contribution < 1.29 is 9.53 Å². The Kier molecular flexibility index (Phi) is 4.99. The number of amides is 1. The van der Waals surface area contributed by atoms with Crippen LogP contribution in [0.3, 0.4) is 0 Å². The molecule has 3 nitrogen and oxygen atoms in total. The number of carbonyl (C=O) groups is 1. The van der Waals surface area contributed by atoms with Crippen LogP contribution in [-0.2, 0) is 11.2 Å². The van der Waals surface area contributed by atoms with E-state index in [9.17, 15) is 4.79 Å². The van der Waals surface area contributed by atoms with Crippen molar-refractivity contribution in [3.05, 3.63) is 35.4 Å². The lowest BCUT2D eigenvalue weighted by atomic mass is 10.0. The molecule has 0 spiro atoms. The number of hydrogen-bond acceptors (Lipinski definition) is 2. The molecular formula is C13H19NO2. The van der Waals surface area contributed by atoms with Gasteiger partial charge in [-0.25, -0.2) is 0 Å². The Morgan fingerprint density at radius 3 is 2.69 bits per heavy atom. The molecule has 0 saturated heterocycles. The molecule has 0 saturated carbocycles. The third-order valence-electron chi connectivity index (χ3n) is 2.26. The van der Waals surface area contributed by atoms with E-state index in [2.05, 4.69) is 5.32 Å². The van der Waals surface area contributed by atoms with Crippen LogP contribution in [0, 0.1) is 0 Å². The SMILES string of the molecule is COCCc1ccccc1C(=O)NC(C)C. The van der Waals surface area contributed by atoms with Crippen LogP contribution in [0.4, 0.5) is 0 Å². The molecule has 0 unspecified atom stereocenters. The highest BCUT2D eigenvalue weighted by molar-refractivity contribution is 5.95. The molecule has 1 aromatic rings. The fourth-order valence-electron chi connectivity index (χ4n) is 1.51. The zero-order chi connectivity index (χ0) is 12.0. The molecule has 88 valence electrons. The van der Waals surface area contributed by atoms with Gasteiger partial charge in [0.05, 0.1) is 6.61 Å². The Hall–Kier alpha value is -1.35. The van der Waals surface area contributed by atoms with E-state index < -0.39 is 0 Å². The normalized spacial score (nSPS) is 10.5. The summed E-state index contributed by atoms with van der Waals surface area (Å²) in [6.07, 6.45) is 0.762. The van der Waals surface area contributed by atoms with Crippen LogP contribution in [0.2, 0.25) is 0 Å². The lowest BCUT2D eigenvalue weighted by Crippen LogP contribution is -2.30. The third-order valence-corrected chi connectivity index (χ3v) is 2.26. The average molecular weight is 221 g/mol. The maximum Gasteiger partial charge on any atom is 0.251 e. The van der Waals surface area contributed by atoms with Crippen molar-refractivity contribution in [2.45, 2.75) is 26.3 Å². The Balaban J connectivity index is 2.81. The van der Waals surface area contributed by atoms with E-state index in [1.54, 1.807) is 7.11 Å². The molecule has 16 heavy (non-hydrogen) atoms. The summed E-state index contributed by atoms with van der Waals surface area (Å²) in [4.78, 5) is 11.9. The maximum absolute atomic E-state index is 11.9. The minimum atomic E-state index is -0.0123. The minimum absolute atomic E-state index is 0.0123. The van der Waals surface area contributed by atoms with Crippen LogP contribution >= 0.6 is 0 Å². The molecule has 0 aliphatic heterocycles. The molecule has 0 atom stereocenters. The standard InChI is InChI=1S/C13H19NO2/c1-10(2)14-13(15)12-7-5-4-6-11(12)8-9-16-3/h4-7,10H,8-9H2,1-3H3,(H,14,15). The Labute approximate surface area is 96.8 Å². The van der Waals surface area contributed by atoms with E-state index in [1.807, 2.05) is 38.1 Å². The second-order valence-electron chi connectivity index (χ2n) is 4.03. The first kappa shape index (κ1) is 12.7. The van der Waals surface area contributed by atoms with Gasteiger partial charge >= 0.3 is 0 Å². The van der Waals surface area contributed by atoms with Gasteiger partial charge in [0, 0.05) is 18.7 Å². The van der Waals surface area contributed by atoms with Crippen molar-refractivity contribution in [3.8, 4) is 0 Å². The summed E-state index contributed by atoms with van der Waals surface area (Å²) < 4.78 is 5.03. The number of ether oxygens (including phenoxy) is 1. The molecule has 0 bridgehead atoms. The van der Waals surface area contributed by atoms with Gasteiger partial charge in [0.2, 0.25) is 0 Å². The number of rotatable bonds is 5. The molecule has 3 heteroatoms. The Morgan fingerprint density at radius 1 is 1.38 bits per heavy atom. The van der Waals surface area contributed by atoms with Crippen molar-refractivity contribution in [2.75, 3.05) is 13.7 Å². The van der Waals surface area contributed by atoms with E-state index in [0.29, 0.717) is 6.61 Å². The monoisotopic (exact) mass is 221 g/mol. The summed E-state index contributed by atoms with van der Waals surface area (Å²) in [5.41, 5.74) is 1.77. The molecule has 1 amide bonds. The fraction of sp³-hybridized carbons (Fsp3) is 0.462. The zero-order valence-electron chi connectivity index (χ0n) is 10.1. The molecule has 0 radical (unpaired) electrons. The topological polar surface area (TPSA) is 38.3 Å². The molecule has 1 aromatic carbocycles. The van der Waals surface area contributed by atoms with E-state index in [4.69, 9.17) is 4.74 Å². The number of benzene rings is 1. The van der Waals surface area contributed by atoms with Crippen molar-refractivity contribution in [3.63, 3.8) is 0 Å². The van der Waals surface area contributed by atoms with Crippen molar-refractivity contribution in [1.29, 1.82) is 0 Å². The summed E-state index contributed by atoms with van der Waals surface area (Å²) in [7, 11) is 1.66. The van der Waals surface area contributed by atoms with Crippen molar-refractivity contribution in [1.82, 2.24) is 5.32 Å². The molecule has 1 N–H and O–H groups in total. The largest absolute Gasteiger partial charge is 0.384 e. The van der Waals surface area contributed by atoms with E-state index >= 15 is 0 Å². The van der Waals surface area contributed by atoms with Crippen molar-refractivity contribution in [2.24, 2.45) is 0 Å². The third kappa shape index (κ3) is 3.66. The van der Waals surface area contributed by atoms with Gasteiger partial charge in [-0.15, -0.1) is 0 Å². The molecule has 0 fully saturated rings. The van der Waals surface area contributed by atoms with Crippen LogP contribution < -0.4 is 5.32 Å². The van der Waals surface area contributed by atoms with Crippen LogP contribution in [0.1, 0.15) is 29.8 Å². The molecule has 0 heterocycles. The molecule has 0 aliphatic rings. The summed E-state index contributed by atoms with van der Waals surface area (Å²) in [6, 6.07) is 7.79. The number of carbonyl (C=O) groups excluding carboxylic acids is 1. The van der Waals surface area contributed by atoms with Gasteiger partial charge in [-0.05, 0) is 31.9 Å². The fourth-order valence-corrected chi connectivity index (χ4v) is 1.51. The highest BCUT2D eigenvalue weighted by Crippen LogP contribution is 2.09. The lowest BCUT2D eigenvalue weighted by Gasteiger charge is -2.11. The quantitative estimate of drug-likeness (QED) is 0.826. The smallest absolute Gasteiger partial charge is 0.251 e. The molecular weight excluding hydrogens is 202 g/mol. The zero-order valence-corrected chi connectivity index (χ0v) is 10.1. The Bertz CT molecular complexity index is 348. The number of methoxy groups -OCH3 is 1. The summed E-state index contributed by atoms with van der Waals surface area (Å²) in [6.45, 7) is 4.54. The first-order valence-corrected chi connectivity index (χ1v) is 5.53. The van der Waals surface area contributed by atoms with Gasteiger partial charge in [-0.1, -0.05) is 18.2 Å². The number of nitrogens with one attached hydrogen (secondary N) is 1. The minimum Gasteiger partial charge on any atom is -0.384 e. The van der Waals surface area contributed by atoms with E-state index in [1.165, 1.54) is 0 Å². The van der Waals surface area contributed by atoms with Gasteiger partial charge in [-0.3, -0.25) is 4.79 Å². The highest BCUT2D eigenvalue weighted by Gasteiger charge is 2.10. The van der Waals surface area contributed by atoms with Gasteiger partial charge < -0.3 is 10.1 Å². The first-order chi connectivity index (χ1) is 7.65. The van der Waals surface area contributed by atoms with Gasteiger partial charge in [0.1, 0.15) is 0 Å². The maximum atomic E-state index is 11.9. The van der Waals surface area contributed by atoms with Crippen LogP contribution in [0.25, 0.3) is 0 Å². The van der Waals surface area contributed by atoms with Crippen molar-refractivity contribution >= 4 is 5.91 Å². The van der Waals surface area contributed by atoms with Gasteiger partial charge in [0.25, 0.3) is 5.91 Å².